The van der Waals surface area contributed by atoms with Crippen molar-refractivity contribution in [3.8, 4) is 0 Å². The largest absolute Gasteiger partial charge is 0.0985 e. The molecule has 90 valence electrons. The zero-order valence-electron chi connectivity index (χ0n) is 10.0. The summed E-state index contributed by atoms with van der Waals surface area (Å²) in [5.74, 6) is 0. The highest BCUT2D eigenvalue weighted by molar-refractivity contribution is 7.95. The number of benzene rings is 2. The van der Waals surface area contributed by atoms with Gasteiger partial charge < -0.3 is 0 Å². The van der Waals surface area contributed by atoms with E-state index in [9.17, 15) is 0 Å². The minimum absolute atomic E-state index is 0.802. The lowest BCUT2D eigenvalue weighted by atomic mass is 10.2. The summed E-state index contributed by atoms with van der Waals surface area (Å²) in [6.07, 6.45) is 3.66. The van der Waals surface area contributed by atoms with Gasteiger partial charge in [0.1, 0.15) is 0 Å². The molecule has 0 bridgehead atoms. The molecule has 0 heterocycles. The van der Waals surface area contributed by atoms with Crippen molar-refractivity contribution < 1.29 is 0 Å². The van der Waals surface area contributed by atoms with E-state index in [4.69, 9.17) is 11.2 Å². The molecule has 0 unspecified atom stereocenters. The number of hydrogen-bond acceptors (Lipinski definition) is 0. The Morgan fingerprint density at radius 3 is 1.33 bits per heavy atom. The standard InChI is InChI=1S/C16H14ClP/c1-3-13-5-9-15(10-6-13)18(17)16-11-7-14(4-2)8-12-16/h3-12H,1-2H2. The van der Waals surface area contributed by atoms with Crippen LogP contribution in [0.3, 0.4) is 0 Å². The summed E-state index contributed by atoms with van der Waals surface area (Å²) in [6, 6.07) is 16.4. The van der Waals surface area contributed by atoms with Crippen molar-refractivity contribution in [1.29, 1.82) is 0 Å². The van der Waals surface area contributed by atoms with Gasteiger partial charge in [-0.2, -0.15) is 0 Å². The van der Waals surface area contributed by atoms with Crippen molar-refractivity contribution in [2.75, 3.05) is 0 Å². The Kier molecular flexibility index (Phi) is 4.36. The minimum Gasteiger partial charge on any atom is -0.0985 e. The summed E-state index contributed by atoms with van der Waals surface area (Å²) in [5.41, 5.74) is 2.22. The van der Waals surface area contributed by atoms with Crippen LogP contribution >= 0.6 is 18.5 Å². The van der Waals surface area contributed by atoms with Gasteiger partial charge in [0.2, 0.25) is 0 Å². The molecule has 0 aromatic heterocycles. The predicted molar refractivity (Wildman–Crippen MR) is 85.1 cm³/mol. The Bertz CT molecular complexity index is 489. The monoisotopic (exact) mass is 272 g/mol. The molecular weight excluding hydrogens is 259 g/mol. The highest BCUT2D eigenvalue weighted by Crippen LogP contribution is 2.38. The van der Waals surface area contributed by atoms with Crippen LogP contribution in [0, 0.1) is 0 Å². The van der Waals surface area contributed by atoms with E-state index < -0.39 is 7.27 Å². The Morgan fingerprint density at radius 1 is 0.722 bits per heavy atom. The maximum atomic E-state index is 6.54. The molecule has 0 aliphatic rings. The molecule has 0 fully saturated rings. The molecule has 2 heteroatoms. The smallest absolute Gasteiger partial charge is 0.0524 e. The number of hydrogen-bond donors (Lipinski definition) is 0. The molecule has 0 saturated carbocycles. The van der Waals surface area contributed by atoms with Crippen LogP contribution in [0.15, 0.2) is 61.7 Å². The first-order chi connectivity index (χ1) is 8.74. The summed E-state index contributed by atoms with van der Waals surface area (Å²) in [4.78, 5) is 0. The van der Waals surface area contributed by atoms with Gasteiger partial charge in [-0.25, -0.2) is 0 Å². The molecule has 0 amide bonds. The van der Waals surface area contributed by atoms with Gasteiger partial charge in [0.15, 0.2) is 0 Å². The van der Waals surface area contributed by atoms with Crippen molar-refractivity contribution in [3.05, 3.63) is 72.8 Å². The average molecular weight is 273 g/mol. The molecule has 2 aromatic rings. The van der Waals surface area contributed by atoms with Crippen molar-refractivity contribution in [2.45, 2.75) is 0 Å². The van der Waals surface area contributed by atoms with E-state index in [1.165, 1.54) is 0 Å². The second-order valence-electron chi connectivity index (χ2n) is 3.87. The van der Waals surface area contributed by atoms with Crippen molar-refractivity contribution >= 4 is 41.3 Å². The van der Waals surface area contributed by atoms with E-state index in [1.807, 2.05) is 36.4 Å². The Hall–Kier alpha value is -1.36. The summed E-state index contributed by atoms with van der Waals surface area (Å²) < 4.78 is 0. The van der Waals surface area contributed by atoms with Crippen LogP contribution in [0.4, 0.5) is 0 Å². The third kappa shape index (κ3) is 2.90. The number of rotatable bonds is 4. The van der Waals surface area contributed by atoms with E-state index in [2.05, 4.69) is 37.4 Å². The first-order valence-electron chi connectivity index (χ1n) is 5.65. The molecule has 0 N–H and O–H groups in total. The Labute approximate surface area is 114 Å². The SMILES string of the molecule is C=Cc1ccc(P(Cl)c2ccc(C=C)cc2)cc1. The predicted octanol–water partition coefficient (Wildman–Crippen LogP) is 4.56. The molecule has 18 heavy (non-hydrogen) atoms. The second-order valence-corrected chi connectivity index (χ2v) is 6.48. The van der Waals surface area contributed by atoms with Crippen LogP contribution in [-0.4, -0.2) is 0 Å². The first-order valence-corrected chi connectivity index (χ1v) is 7.90. The molecular formula is C16H14ClP. The van der Waals surface area contributed by atoms with Gasteiger partial charge in [0.25, 0.3) is 0 Å². The normalized spacial score (nSPS) is 10.3. The molecule has 0 saturated heterocycles. The molecule has 2 aromatic carbocycles. The summed E-state index contributed by atoms with van der Waals surface area (Å²) >= 11 is 6.54. The van der Waals surface area contributed by atoms with E-state index >= 15 is 0 Å². The van der Waals surface area contributed by atoms with Gasteiger partial charge in [0.05, 0.1) is 7.27 Å². The van der Waals surface area contributed by atoms with E-state index in [0.717, 1.165) is 21.7 Å². The lowest BCUT2D eigenvalue weighted by Crippen LogP contribution is -2.07. The van der Waals surface area contributed by atoms with E-state index in [-0.39, 0.29) is 0 Å². The summed E-state index contributed by atoms with van der Waals surface area (Å²) in [5, 5.41) is 2.31. The van der Waals surface area contributed by atoms with Crippen molar-refractivity contribution in [1.82, 2.24) is 0 Å². The van der Waals surface area contributed by atoms with Crippen LogP contribution in [-0.2, 0) is 0 Å². The fourth-order valence-electron chi connectivity index (χ4n) is 1.63. The maximum Gasteiger partial charge on any atom is 0.0524 e. The van der Waals surface area contributed by atoms with Crippen LogP contribution < -0.4 is 10.6 Å². The van der Waals surface area contributed by atoms with Crippen molar-refractivity contribution in [3.63, 3.8) is 0 Å². The van der Waals surface area contributed by atoms with Gasteiger partial charge in [-0.3, -0.25) is 0 Å². The van der Waals surface area contributed by atoms with Crippen LogP contribution in [0.2, 0.25) is 0 Å². The lowest BCUT2D eigenvalue weighted by molar-refractivity contribution is 1.70. The zero-order chi connectivity index (χ0) is 13.0. The molecule has 0 atom stereocenters. The Balaban J connectivity index is 2.25. The van der Waals surface area contributed by atoms with Gasteiger partial charge in [-0.15, -0.1) is 0 Å². The average Bonchev–Trinajstić information content (AvgIpc) is 2.47. The third-order valence-corrected chi connectivity index (χ3v) is 5.39. The van der Waals surface area contributed by atoms with E-state index in [0.29, 0.717) is 0 Å². The molecule has 0 spiro atoms. The minimum atomic E-state index is -0.802. The quantitative estimate of drug-likeness (QED) is 0.716. The lowest BCUT2D eigenvalue weighted by Gasteiger charge is -2.10. The Morgan fingerprint density at radius 2 is 1.06 bits per heavy atom. The van der Waals surface area contributed by atoms with Gasteiger partial charge in [-0.05, 0) is 21.7 Å². The molecule has 0 radical (unpaired) electrons. The molecule has 0 aliphatic carbocycles. The molecule has 2 rings (SSSR count). The van der Waals surface area contributed by atoms with Gasteiger partial charge in [-0.1, -0.05) is 85.1 Å². The van der Waals surface area contributed by atoms with Gasteiger partial charge in [0, 0.05) is 0 Å². The fourth-order valence-corrected chi connectivity index (χ4v) is 3.43. The molecule has 0 nitrogen and oxygen atoms in total. The maximum absolute atomic E-state index is 6.54. The zero-order valence-corrected chi connectivity index (χ0v) is 11.7. The van der Waals surface area contributed by atoms with Crippen LogP contribution in [0.5, 0.6) is 0 Å². The molecule has 0 aliphatic heterocycles. The fraction of sp³-hybridized carbons (Fsp3) is 0. The van der Waals surface area contributed by atoms with Gasteiger partial charge >= 0.3 is 0 Å². The van der Waals surface area contributed by atoms with Crippen molar-refractivity contribution in [2.24, 2.45) is 0 Å². The summed E-state index contributed by atoms with van der Waals surface area (Å²) in [7, 11) is -0.802. The topological polar surface area (TPSA) is 0 Å². The van der Waals surface area contributed by atoms with Crippen LogP contribution in [0.25, 0.3) is 12.2 Å². The van der Waals surface area contributed by atoms with E-state index in [1.54, 1.807) is 0 Å². The third-order valence-electron chi connectivity index (χ3n) is 2.71. The highest BCUT2D eigenvalue weighted by atomic mass is 35.7. The van der Waals surface area contributed by atoms with Crippen LogP contribution in [0.1, 0.15) is 11.1 Å². The second kappa shape index (κ2) is 6.00. The highest BCUT2D eigenvalue weighted by Gasteiger charge is 2.09. The first kappa shape index (κ1) is 13.1. The summed E-state index contributed by atoms with van der Waals surface area (Å²) in [6.45, 7) is 7.49. The number of halogens is 1.